The zero-order chi connectivity index (χ0) is 10.8. The number of nitrogens with zero attached hydrogens (tertiary/aromatic N) is 1. The third kappa shape index (κ3) is 1.66. The molecule has 0 N–H and O–H groups in total. The molecule has 0 spiro atoms. The molecule has 1 heterocycles. The van der Waals surface area contributed by atoms with Crippen LogP contribution in [0.1, 0.15) is 10.4 Å². The summed E-state index contributed by atoms with van der Waals surface area (Å²) in [5.74, 6) is 0.466. The molecule has 0 unspecified atom stereocenters. The predicted octanol–water partition coefficient (Wildman–Crippen LogP) is 2.71. The molecule has 0 saturated carbocycles. The quantitative estimate of drug-likeness (QED) is 0.732. The lowest BCUT2D eigenvalue weighted by Crippen LogP contribution is -1.91. The van der Waals surface area contributed by atoms with Crippen molar-refractivity contribution in [3.63, 3.8) is 0 Å². The highest BCUT2D eigenvalue weighted by Gasteiger charge is 2.06. The third-order valence-electron chi connectivity index (χ3n) is 2.15. The fourth-order valence-corrected chi connectivity index (χ4v) is 1.61. The highest BCUT2D eigenvalue weighted by Crippen LogP contribution is 2.26. The molecular weight excluding hydrogens is 214 g/mol. The van der Waals surface area contributed by atoms with Crippen molar-refractivity contribution in [2.75, 3.05) is 7.11 Å². The molecule has 0 aliphatic carbocycles. The minimum atomic E-state index is 0.466. The molecule has 1 aromatic carbocycles. The largest absolute Gasteiger partial charge is 0.481 e. The van der Waals surface area contributed by atoms with Gasteiger partial charge in [0.25, 0.3) is 0 Å². The van der Waals surface area contributed by atoms with Gasteiger partial charge in [-0.15, -0.1) is 0 Å². The normalized spacial score (nSPS) is 10.3. The standard InChI is InChI=1S/C11H8ClNO2/c1-15-10-5-3-8-9(12)4-2-7(6-14)11(8)13-10/h2-6H,1H3. The van der Waals surface area contributed by atoms with E-state index < -0.39 is 0 Å². The van der Waals surface area contributed by atoms with Gasteiger partial charge in [-0.3, -0.25) is 4.79 Å². The van der Waals surface area contributed by atoms with E-state index in [0.717, 1.165) is 11.7 Å². The molecule has 4 heteroatoms. The van der Waals surface area contributed by atoms with E-state index in [1.165, 1.54) is 7.11 Å². The Morgan fingerprint density at radius 2 is 2.13 bits per heavy atom. The Hall–Kier alpha value is -1.61. The van der Waals surface area contributed by atoms with Crippen molar-refractivity contribution in [2.45, 2.75) is 0 Å². The summed E-state index contributed by atoms with van der Waals surface area (Å²) >= 11 is 5.98. The first-order valence-corrected chi connectivity index (χ1v) is 4.72. The van der Waals surface area contributed by atoms with E-state index in [0.29, 0.717) is 22.0 Å². The van der Waals surface area contributed by atoms with Gasteiger partial charge in [0.15, 0.2) is 6.29 Å². The third-order valence-corrected chi connectivity index (χ3v) is 2.48. The summed E-state index contributed by atoms with van der Waals surface area (Å²) in [5, 5.41) is 1.33. The van der Waals surface area contributed by atoms with E-state index in [1.807, 2.05) is 0 Å². The molecule has 0 fully saturated rings. The van der Waals surface area contributed by atoms with Crippen LogP contribution < -0.4 is 4.74 Å². The lowest BCUT2D eigenvalue weighted by atomic mass is 10.1. The number of aldehydes is 1. The van der Waals surface area contributed by atoms with Gasteiger partial charge in [0.1, 0.15) is 0 Å². The number of carbonyl (C=O) groups is 1. The van der Waals surface area contributed by atoms with Crippen LogP contribution in [-0.2, 0) is 0 Å². The minimum Gasteiger partial charge on any atom is -0.481 e. The predicted molar refractivity (Wildman–Crippen MR) is 58.7 cm³/mol. The summed E-state index contributed by atoms with van der Waals surface area (Å²) in [5.41, 5.74) is 1.07. The second-order valence-corrected chi connectivity index (χ2v) is 3.41. The summed E-state index contributed by atoms with van der Waals surface area (Å²) < 4.78 is 4.99. The van der Waals surface area contributed by atoms with Gasteiger partial charge in [-0.1, -0.05) is 11.6 Å². The van der Waals surface area contributed by atoms with Crippen LogP contribution in [0.5, 0.6) is 5.88 Å². The summed E-state index contributed by atoms with van der Waals surface area (Å²) in [6.07, 6.45) is 0.755. The van der Waals surface area contributed by atoms with Crippen LogP contribution in [0.2, 0.25) is 5.02 Å². The van der Waals surface area contributed by atoms with E-state index in [2.05, 4.69) is 4.98 Å². The number of carbonyl (C=O) groups excluding carboxylic acids is 1. The zero-order valence-corrected chi connectivity index (χ0v) is 8.78. The number of fused-ring (bicyclic) bond motifs is 1. The summed E-state index contributed by atoms with van der Waals surface area (Å²) in [6.45, 7) is 0. The Balaban J connectivity index is 2.82. The van der Waals surface area contributed by atoms with Crippen LogP contribution in [0.3, 0.4) is 0 Å². The number of pyridine rings is 1. The number of ether oxygens (including phenoxy) is 1. The topological polar surface area (TPSA) is 39.2 Å². The molecule has 15 heavy (non-hydrogen) atoms. The van der Waals surface area contributed by atoms with E-state index >= 15 is 0 Å². The first-order valence-electron chi connectivity index (χ1n) is 4.34. The lowest BCUT2D eigenvalue weighted by Gasteiger charge is -2.04. The second-order valence-electron chi connectivity index (χ2n) is 3.00. The first kappa shape index (κ1) is 9.93. The second kappa shape index (κ2) is 3.87. The molecule has 1 aromatic heterocycles. The number of aromatic nitrogens is 1. The summed E-state index contributed by atoms with van der Waals surface area (Å²) in [4.78, 5) is 15.0. The van der Waals surface area contributed by atoms with E-state index in [-0.39, 0.29) is 0 Å². The molecule has 76 valence electrons. The molecule has 0 aliphatic heterocycles. The van der Waals surface area contributed by atoms with Gasteiger partial charge in [0.2, 0.25) is 5.88 Å². The molecule has 2 aromatic rings. The van der Waals surface area contributed by atoms with E-state index in [4.69, 9.17) is 16.3 Å². The van der Waals surface area contributed by atoms with Gasteiger partial charge in [-0.2, -0.15) is 0 Å². The van der Waals surface area contributed by atoms with Gasteiger partial charge in [0, 0.05) is 17.0 Å². The van der Waals surface area contributed by atoms with Crippen LogP contribution in [0, 0.1) is 0 Å². The van der Waals surface area contributed by atoms with Gasteiger partial charge in [-0.25, -0.2) is 4.98 Å². The van der Waals surface area contributed by atoms with E-state index in [1.54, 1.807) is 24.3 Å². The van der Waals surface area contributed by atoms with Crippen molar-refractivity contribution in [1.29, 1.82) is 0 Å². The molecule has 2 rings (SSSR count). The van der Waals surface area contributed by atoms with Crippen molar-refractivity contribution >= 4 is 28.8 Å². The number of rotatable bonds is 2. The molecule has 0 saturated heterocycles. The van der Waals surface area contributed by atoms with Crippen molar-refractivity contribution in [3.8, 4) is 5.88 Å². The number of benzene rings is 1. The van der Waals surface area contributed by atoms with Crippen molar-refractivity contribution in [1.82, 2.24) is 4.98 Å². The Morgan fingerprint density at radius 3 is 2.80 bits per heavy atom. The average molecular weight is 222 g/mol. The fourth-order valence-electron chi connectivity index (χ4n) is 1.39. The smallest absolute Gasteiger partial charge is 0.213 e. The number of hydrogen-bond donors (Lipinski definition) is 0. The van der Waals surface area contributed by atoms with E-state index in [9.17, 15) is 4.79 Å². The molecule has 0 radical (unpaired) electrons. The SMILES string of the molecule is COc1ccc2c(Cl)ccc(C=O)c2n1. The average Bonchev–Trinajstić information content (AvgIpc) is 2.29. The molecule has 0 amide bonds. The van der Waals surface area contributed by atoms with Crippen LogP contribution in [-0.4, -0.2) is 18.4 Å². The van der Waals surface area contributed by atoms with Gasteiger partial charge >= 0.3 is 0 Å². The molecular formula is C11H8ClNO2. The van der Waals surface area contributed by atoms with Crippen LogP contribution in [0.4, 0.5) is 0 Å². The Bertz CT molecular complexity index is 525. The monoisotopic (exact) mass is 221 g/mol. The maximum atomic E-state index is 10.8. The molecule has 0 bridgehead atoms. The molecule has 3 nitrogen and oxygen atoms in total. The van der Waals surface area contributed by atoms with Crippen molar-refractivity contribution in [3.05, 3.63) is 34.9 Å². The lowest BCUT2D eigenvalue weighted by molar-refractivity contribution is 0.112. The maximum absolute atomic E-state index is 10.8. The number of methoxy groups -OCH3 is 1. The van der Waals surface area contributed by atoms with Crippen molar-refractivity contribution < 1.29 is 9.53 Å². The zero-order valence-electron chi connectivity index (χ0n) is 8.03. The van der Waals surface area contributed by atoms with Crippen LogP contribution in [0.15, 0.2) is 24.3 Å². The molecule has 0 atom stereocenters. The number of halogens is 1. The Labute approximate surface area is 91.6 Å². The summed E-state index contributed by atoms with van der Waals surface area (Å²) in [7, 11) is 1.53. The van der Waals surface area contributed by atoms with Gasteiger partial charge < -0.3 is 4.74 Å². The van der Waals surface area contributed by atoms with Gasteiger partial charge in [-0.05, 0) is 18.2 Å². The Kier molecular flexibility index (Phi) is 2.56. The highest BCUT2D eigenvalue weighted by atomic mass is 35.5. The minimum absolute atomic E-state index is 0.466. The molecule has 0 aliphatic rings. The number of hydrogen-bond acceptors (Lipinski definition) is 3. The Morgan fingerprint density at radius 1 is 1.33 bits per heavy atom. The first-order chi connectivity index (χ1) is 7.26. The van der Waals surface area contributed by atoms with Crippen LogP contribution >= 0.6 is 11.6 Å². The maximum Gasteiger partial charge on any atom is 0.213 e. The summed E-state index contributed by atoms with van der Waals surface area (Å²) in [6, 6.07) is 6.82. The van der Waals surface area contributed by atoms with Crippen LogP contribution in [0.25, 0.3) is 10.9 Å². The van der Waals surface area contributed by atoms with Gasteiger partial charge in [0.05, 0.1) is 17.6 Å². The highest BCUT2D eigenvalue weighted by molar-refractivity contribution is 6.35. The van der Waals surface area contributed by atoms with Crippen molar-refractivity contribution in [2.24, 2.45) is 0 Å². The fraction of sp³-hybridized carbons (Fsp3) is 0.0909.